The van der Waals surface area contributed by atoms with Gasteiger partial charge in [-0.2, -0.15) is 5.10 Å². The molecule has 0 spiro atoms. The van der Waals surface area contributed by atoms with Gasteiger partial charge in [-0.1, -0.05) is 12.1 Å². The van der Waals surface area contributed by atoms with Crippen LogP contribution < -0.4 is 14.4 Å². The third-order valence-corrected chi connectivity index (χ3v) is 5.29. The Balaban J connectivity index is 1.44. The summed E-state index contributed by atoms with van der Waals surface area (Å²) >= 11 is 0. The molecule has 4 rings (SSSR count). The second-order valence-corrected chi connectivity index (χ2v) is 7.64. The number of hydrogen-bond donors (Lipinski definition) is 0. The molecule has 0 saturated carbocycles. The molecule has 9 heteroatoms. The predicted octanol–water partition coefficient (Wildman–Crippen LogP) is 2.25. The van der Waals surface area contributed by atoms with Gasteiger partial charge in [0.25, 0.3) is 5.91 Å². The zero-order valence-corrected chi connectivity index (χ0v) is 18.1. The van der Waals surface area contributed by atoms with Gasteiger partial charge in [0.05, 0.1) is 19.3 Å². The Morgan fingerprint density at radius 3 is 2.68 bits per heavy atom. The van der Waals surface area contributed by atoms with Gasteiger partial charge in [0.2, 0.25) is 5.88 Å². The number of aromatic nitrogens is 4. The molecule has 1 fully saturated rings. The summed E-state index contributed by atoms with van der Waals surface area (Å²) in [5, 5.41) is 12.8. The van der Waals surface area contributed by atoms with E-state index in [0.29, 0.717) is 30.4 Å². The lowest BCUT2D eigenvalue weighted by molar-refractivity contribution is 0.0760. The Hall–Kier alpha value is -3.62. The first-order valence-electron chi connectivity index (χ1n) is 10.1. The normalized spacial score (nSPS) is 15.7. The van der Waals surface area contributed by atoms with E-state index >= 15 is 0 Å². The van der Waals surface area contributed by atoms with Crippen LogP contribution in [0.3, 0.4) is 0 Å². The van der Waals surface area contributed by atoms with Gasteiger partial charge < -0.3 is 19.3 Å². The maximum atomic E-state index is 13.1. The molecular weight excluding hydrogens is 396 g/mol. The molecule has 1 atom stereocenters. The number of benzene rings is 1. The largest absolute Gasteiger partial charge is 0.496 e. The first kappa shape index (κ1) is 20.6. The molecule has 0 radical (unpaired) electrons. The molecule has 1 saturated heterocycles. The van der Waals surface area contributed by atoms with Gasteiger partial charge in [-0.05, 0) is 24.3 Å². The summed E-state index contributed by atoms with van der Waals surface area (Å²) in [6, 6.07) is 13.1. The third-order valence-electron chi connectivity index (χ3n) is 5.29. The van der Waals surface area contributed by atoms with E-state index in [1.54, 1.807) is 35.9 Å². The van der Waals surface area contributed by atoms with Crippen LogP contribution in [0, 0.1) is 0 Å². The van der Waals surface area contributed by atoms with Crippen LogP contribution in [0.5, 0.6) is 11.6 Å². The average molecular weight is 422 g/mol. The molecule has 0 bridgehead atoms. The number of aryl methyl sites for hydroxylation is 1. The number of hydrogen-bond acceptors (Lipinski definition) is 7. The van der Waals surface area contributed by atoms with Crippen molar-refractivity contribution >= 4 is 11.7 Å². The van der Waals surface area contributed by atoms with Crippen molar-refractivity contribution in [3.8, 4) is 22.9 Å². The van der Waals surface area contributed by atoms with Crippen LogP contribution in [0.15, 0.2) is 42.5 Å². The fourth-order valence-electron chi connectivity index (χ4n) is 3.61. The number of rotatable bonds is 6. The zero-order valence-electron chi connectivity index (χ0n) is 18.1. The van der Waals surface area contributed by atoms with E-state index in [9.17, 15) is 4.79 Å². The monoisotopic (exact) mass is 422 g/mol. The van der Waals surface area contributed by atoms with Crippen molar-refractivity contribution in [1.29, 1.82) is 0 Å². The molecule has 9 nitrogen and oxygen atoms in total. The van der Waals surface area contributed by atoms with Gasteiger partial charge in [-0.25, -0.2) is 0 Å². The lowest BCUT2D eigenvalue weighted by atomic mass is 10.1. The number of ether oxygens (including phenoxy) is 2. The Bertz CT molecular complexity index is 1060. The van der Waals surface area contributed by atoms with Crippen LogP contribution in [0.2, 0.25) is 0 Å². The highest BCUT2D eigenvalue weighted by molar-refractivity contribution is 5.94. The summed E-state index contributed by atoms with van der Waals surface area (Å²) in [6.45, 7) is 1.10. The van der Waals surface area contributed by atoms with Crippen molar-refractivity contribution in [2.75, 3.05) is 39.2 Å². The molecule has 3 heterocycles. The number of methoxy groups -OCH3 is 1. The Morgan fingerprint density at radius 2 is 1.97 bits per heavy atom. The van der Waals surface area contributed by atoms with E-state index in [2.05, 4.69) is 15.3 Å². The number of nitrogens with zero attached hydrogens (tertiary/aromatic N) is 6. The highest BCUT2D eigenvalue weighted by atomic mass is 16.5. The molecule has 1 aliphatic rings. The van der Waals surface area contributed by atoms with E-state index in [4.69, 9.17) is 9.47 Å². The molecule has 31 heavy (non-hydrogen) atoms. The Morgan fingerprint density at radius 1 is 1.16 bits per heavy atom. The van der Waals surface area contributed by atoms with E-state index in [0.717, 1.165) is 23.6 Å². The van der Waals surface area contributed by atoms with Crippen LogP contribution in [0.25, 0.3) is 11.3 Å². The standard InChI is InChI=1S/C22H26N6O3/c1-26(2)20-9-10-21(24-23-20)31-15-11-12-28(14-15)22(29)18-13-17(25-27(18)3)16-7-5-6-8-19(16)30-4/h5-10,13,15H,11-12,14H2,1-4H3. The lowest BCUT2D eigenvalue weighted by Crippen LogP contribution is -2.32. The van der Waals surface area contributed by atoms with Gasteiger partial charge in [-0.3, -0.25) is 9.48 Å². The van der Waals surface area contributed by atoms with Crippen molar-refractivity contribution in [3.63, 3.8) is 0 Å². The number of likely N-dealkylation sites (tertiary alicyclic amines) is 1. The average Bonchev–Trinajstić information content (AvgIpc) is 3.40. The highest BCUT2D eigenvalue weighted by Gasteiger charge is 2.30. The van der Waals surface area contributed by atoms with E-state index in [1.165, 1.54) is 0 Å². The second-order valence-electron chi connectivity index (χ2n) is 7.64. The summed E-state index contributed by atoms with van der Waals surface area (Å²) in [4.78, 5) is 16.8. The van der Waals surface area contributed by atoms with Crippen LogP contribution >= 0.6 is 0 Å². The molecule has 3 aromatic rings. The van der Waals surface area contributed by atoms with Crippen molar-refractivity contribution in [2.24, 2.45) is 7.05 Å². The molecular formula is C22H26N6O3. The third kappa shape index (κ3) is 4.30. The van der Waals surface area contributed by atoms with E-state index in [-0.39, 0.29) is 12.0 Å². The van der Waals surface area contributed by atoms with Gasteiger partial charge >= 0.3 is 0 Å². The molecule has 2 aromatic heterocycles. The predicted molar refractivity (Wildman–Crippen MR) is 116 cm³/mol. The maximum absolute atomic E-state index is 13.1. The molecule has 162 valence electrons. The van der Waals surface area contributed by atoms with Crippen molar-refractivity contribution in [1.82, 2.24) is 24.9 Å². The van der Waals surface area contributed by atoms with Crippen molar-refractivity contribution in [2.45, 2.75) is 12.5 Å². The van der Waals surface area contributed by atoms with Gasteiger partial charge in [0.15, 0.2) is 5.82 Å². The van der Waals surface area contributed by atoms with Gasteiger partial charge in [0, 0.05) is 45.7 Å². The minimum atomic E-state index is -0.120. The molecule has 1 aromatic carbocycles. The smallest absolute Gasteiger partial charge is 0.272 e. The fraction of sp³-hybridized carbons (Fsp3) is 0.364. The summed E-state index contributed by atoms with van der Waals surface area (Å²) in [5.41, 5.74) is 2.07. The van der Waals surface area contributed by atoms with Crippen molar-refractivity contribution < 1.29 is 14.3 Å². The van der Waals surface area contributed by atoms with Crippen LogP contribution in [-0.2, 0) is 7.05 Å². The highest BCUT2D eigenvalue weighted by Crippen LogP contribution is 2.29. The SMILES string of the molecule is COc1ccccc1-c1cc(C(=O)N2CCC(Oc3ccc(N(C)C)nn3)C2)n(C)n1. The molecule has 1 unspecified atom stereocenters. The van der Waals surface area contributed by atoms with Gasteiger partial charge in [0.1, 0.15) is 17.5 Å². The fourth-order valence-corrected chi connectivity index (χ4v) is 3.61. The number of anilines is 1. The van der Waals surface area contributed by atoms with Crippen LogP contribution in [-0.4, -0.2) is 71.2 Å². The minimum absolute atomic E-state index is 0.0729. The number of amides is 1. The lowest BCUT2D eigenvalue weighted by Gasteiger charge is -2.17. The van der Waals surface area contributed by atoms with E-state index in [1.807, 2.05) is 49.3 Å². The Labute approximate surface area is 181 Å². The Kier molecular flexibility index (Phi) is 5.75. The molecule has 0 aliphatic carbocycles. The zero-order chi connectivity index (χ0) is 22.0. The first-order chi connectivity index (χ1) is 15.0. The van der Waals surface area contributed by atoms with Crippen LogP contribution in [0.1, 0.15) is 16.9 Å². The summed E-state index contributed by atoms with van der Waals surface area (Å²) in [5.74, 6) is 1.87. The quantitative estimate of drug-likeness (QED) is 0.602. The first-order valence-corrected chi connectivity index (χ1v) is 10.1. The summed E-state index contributed by atoms with van der Waals surface area (Å²) in [6.07, 6.45) is 0.616. The molecule has 0 N–H and O–H groups in total. The van der Waals surface area contributed by atoms with E-state index < -0.39 is 0 Å². The molecule has 1 amide bonds. The topological polar surface area (TPSA) is 85.6 Å². The maximum Gasteiger partial charge on any atom is 0.272 e. The van der Waals surface area contributed by atoms with Gasteiger partial charge in [-0.15, -0.1) is 10.2 Å². The number of para-hydroxylation sites is 1. The number of carbonyl (C=O) groups excluding carboxylic acids is 1. The number of carbonyl (C=O) groups is 1. The van der Waals surface area contributed by atoms with Crippen LogP contribution in [0.4, 0.5) is 5.82 Å². The van der Waals surface area contributed by atoms with Crippen molar-refractivity contribution in [3.05, 3.63) is 48.2 Å². The second kappa shape index (κ2) is 8.63. The summed E-state index contributed by atoms with van der Waals surface area (Å²) in [7, 11) is 7.21. The summed E-state index contributed by atoms with van der Waals surface area (Å²) < 4.78 is 13.0. The molecule has 1 aliphatic heterocycles. The minimum Gasteiger partial charge on any atom is -0.496 e.